The zero-order chi connectivity index (χ0) is 15.6. The quantitative estimate of drug-likeness (QED) is 0.657. The predicted molar refractivity (Wildman–Crippen MR) is 86.5 cm³/mol. The Balaban J connectivity index is 2.38. The van der Waals surface area contributed by atoms with Gasteiger partial charge in [-0.1, -0.05) is 12.1 Å². The summed E-state index contributed by atoms with van der Waals surface area (Å²) in [6, 6.07) is 10.5. The smallest absolute Gasteiger partial charge is 0.338 e. The third kappa shape index (κ3) is 3.98. The van der Waals surface area contributed by atoms with Gasteiger partial charge in [0, 0.05) is 10.5 Å². The van der Waals surface area contributed by atoms with Gasteiger partial charge < -0.3 is 10.5 Å². The number of pyridine rings is 1. The SMILES string of the molecule is CC(C)(C)OC(=O)c1cccc(-c2nc(N)ccc2S)c1. The second kappa shape index (κ2) is 5.77. The van der Waals surface area contributed by atoms with Gasteiger partial charge in [0.25, 0.3) is 0 Å². The van der Waals surface area contributed by atoms with Crippen LogP contribution in [0.4, 0.5) is 5.82 Å². The molecule has 0 aliphatic rings. The summed E-state index contributed by atoms with van der Waals surface area (Å²) in [5, 5.41) is 0. The lowest BCUT2D eigenvalue weighted by Gasteiger charge is -2.19. The normalized spacial score (nSPS) is 11.2. The minimum Gasteiger partial charge on any atom is -0.456 e. The highest BCUT2D eigenvalue weighted by molar-refractivity contribution is 7.80. The first-order chi connectivity index (χ1) is 9.76. The molecule has 0 unspecified atom stereocenters. The van der Waals surface area contributed by atoms with Crippen molar-refractivity contribution in [3.05, 3.63) is 42.0 Å². The minimum absolute atomic E-state index is 0.367. The van der Waals surface area contributed by atoms with Crippen molar-refractivity contribution in [2.75, 3.05) is 5.73 Å². The van der Waals surface area contributed by atoms with E-state index in [4.69, 9.17) is 10.5 Å². The molecule has 0 radical (unpaired) electrons. The maximum Gasteiger partial charge on any atom is 0.338 e. The summed E-state index contributed by atoms with van der Waals surface area (Å²) >= 11 is 4.38. The van der Waals surface area contributed by atoms with Crippen molar-refractivity contribution < 1.29 is 9.53 Å². The average molecular weight is 302 g/mol. The van der Waals surface area contributed by atoms with E-state index in [1.807, 2.05) is 26.8 Å². The number of anilines is 1. The average Bonchev–Trinajstić information content (AvgIpc) is 2.40. The van der Waals surface area contributed by atoms with Gasteiger partial charge in [0.1, 0.15) is 11.4 Å². The number of ether oxygens (including phenoxy) is 1. The largest absolute Gasteiger partial charge is 0.456 e. The Morgan fingerprint density at radius 1 is 1.24 bits per heavy atom. The second-order valence-electron chi connectivity index (χ2n) is 5.69. The van der Waals surface area contributed by atoms with Gasteiger partial charge in [-0.2, -0.15) is 0 Å². The number of esters is 1. The van der Waals surface area contributed by atoms with Crippen LogP contribution in [0.1, 0.15) is 31.1 Å². The summed E-state index contributed by atoms with van der Waals surface area (Å²) in [5.74, 6) is 0.0411. The maximum atomic E-state index is 12.1. The molecule has 0 spiro atoms. The van der Waals surface area contributed by atoms with Crippen LogP contribution in [0.15, 0.2) is 41.3 Å². The van der Waals surface area contributed by atoms with E-state index in [2.05, 4.69) is 17.6 Å². The minimum atomic E-state index is -0.531. The molecular weight excluding hydrogens is 284 g/mol. The molecular formula is C16H18N2O2S. The lowest BCUT2D eigenvalue weighted by atomic mass is 10.1. The Hall–Kier alpha value is -2.01. The number of carbonyl (C=O) groups excluding carboxylic acids is 1. The van der Waals surface area contributed by atoms with Crippen LogP contribution < -0.4 is 5.73 Å². The molecule has 0 saturated heterocycles. The Morgan fingerprint density at radius 3 is 2.62 bits per heavy atom. The molecule has 5 heteroatoms. The molecule has 0 aliphatic heterocycles. The molecule has 21 heavy (non-hydrogen) atoms. The lowest BCUT2D eigenvalue weighted by Crippen LogP contribution is -2.23. The molecule has 1 heterocycles. The molecule has 0 amide bonds. The van der Waals surface area contributed by atoms with Crippen molar-refractivity contribution in [2.24, 2.45) is 0 Å². The Labute approximate surface area is 129 Å². The number of nitrogens with two attached hydrogens (primary N) is 1. The first-order valence-electron chi connectivity index (χ1n) is 6.55. The zero-order valence-electron chi connectivity index (χ0n) is 12.3. The van der Waals surface area contributed by atoms with Crippen molar-refractivity contribution in [2.45, 2.75) is 31.3 Å². The summed E-state index contributed by atoms with van der Waals surface area (Å²) in [7, 11) is 0. The van der Waals surface area contributed by atoms with Crippen molar-refractivity contribution in [3.63, 3.8) is 0 Å². The number of hydrogen-bond donors (Lipinski definition) is 2. The van der Waals surface area contributed by atoms with E-state index in [1.54, 1.807) is 30.3 Å². The summed E-state index contributed by atoms with van der Waals surface area (Å²) in [6.45, 7) is 5.50. The van der Waals surface area contributed by atoms with E-state index >= 15 is 0 Å². The van der Waals surface area contributed by atoms with Crippen LogP contribution in [0.25, 0.3) is 11.3 Å². The van der Waals surface area contributed by atoms with Gasteiger partial charge in [-0.3, -0.25) is 0 Å². The molecule has 0 atom stereocenters. The number of aromatic nitrogens is 1. The summed E-state index contributed by atoms with van der Waals surface area (Å²) in [5.41, 5.74) is 7.07. The van der Waals surface area contributed by atoms with E-state index in [-0.39, 0.29) is 5.97 Å². The van der Waals surface area contributed by atoms with Crippen molar-refractivity contribution in [1.82, 2.24) is 4.98 Å². The monoisotopic (exact) mass is 302 g/mol. The molecule has 1 aromatic heterocycles. The number of rotatable bonds is 2. The van der Waals surface area contributed by atoms with Crippen molar-refractivity contribution >= 4 is 24.4 Å². The second-order valence-corrected chi connectivity index (χ2v) is 6.17. The van der Waals surface area contributed by atoms with E-state index < -0.39 is 5.60 Å². The van der Waals surface area contributed by atoms with Gasteiger partial charge in [-0.05, 0) is 45.0 Å². The van der Waals surface area contributed by atoms with Crippen molar-refractivity contribution in [1.29, 1.82) is 0 Å². The predicted octanol–water partition coefficient (Wildman–Crippen LogP) is 3.57. The van der Waals surface area contributed by atoms with Gasteiger partial charge in [-0.15, -0.1) is 12.6 Å². The molecule has 0 saturated carbocycles. The molecule has 2 aromatic rings. The first-order valence-corrected chi connectivity index (χ1v) is 7.00. The van der Waals surface area contributed by atoms with Gasteiger partial charge >= 0.3 is 5.97 Å². The van der Waals surface area contributed by atoms with Gasteiger partial charge in [0.15, 0.2) is 0 Å². The van der Waals surface area contributed by atoms with Crippen LogP contribution >= 0.6 is 12.6 Å². The third-order valence-corrected chi connectivity index (χ3v) is 3.03. The Kier molecular flexibility index (Phi) is 4.23. The summed E-state index contributed by atoms with van der Waals surface area (Å²) in [6.07, 6.45) is 0. The fourth-order valence-corrected chi connectivity index (χ4v) is 2.06. The summed E-state index contributed by atoms with van der Waals surface area (Å²) < 4.78 is 5.37. The van der Waals surface area contributed by atoms with Crippen LogP contribution in [0, 0.1) is 0 Å². The highest BCUT2D eigenvalue weighted by atomic mass is 32.1. The number of nitrogen functional groups attached to an aromatic ring is 1. The van der Waals surface area contributed by atoms with Crippen molar-refractivity contribution in [3.8, 4) is 11.3 Å². The Morgan fingerprint density at radius 2 is 1.95 bits per heavy atom. The maximum absolute atomic E-state index is 12.1. The van der Waals surface area contributed by atoms with Crippen LogP contribution in [0.2, 0.25) is 0 Å². The van der Waals surface area contributed by atoms with E-state index in [0.717, 1.165) is 5.56 Å². The fraction of sp³-hybridized carbons (Fsp3) is 0.250. The Bertz CT molecular complexity index is 678. The number of carbonyl (C=O) groups is 1. The van der Waals surface area contributed by atoms with Crippen LogP contribution in [0.3, 0.4) is 0 Å². The molecule has 0 aliphatic carbocycles. The van der Waals surface area contributed by atoms with E-state index in [9.17, 15) is 4.79 Å². The van der Waals surface area contributed by atoms with Crippen LogP contribution in [-0.2, 0) is 4.74 Å². The van der Waals surface area contributed by atoms with Gasteiger partial charge in [-0.25, -0.2) is 9.78 Å². The highest BCUT2D eigenvalue weighted by Gasteiger charge is 2.18. The lowest BCUT2D eigenvalue weighted by molar-refractivity contribution is 0.00696. The molecule has 2 N–H and O–H groups in total. The van der Waals surface area contributed by atoms with Gasteiger partial charge in [0.2, 0.25) is 0 Å². The molecule has 4 nitrogen and oxygen atoms in total. The number of thiol groups is 1. The van der Waals surface area contributed by atoms with Crippen LogP contribution in [0.5, 0.6) is 0 Å². The topological polar surface area (TPSA) is 65.2 Å². The van der Waals surface area contributed by atoms with E-state index in [0.29, 0.717) is 22.0 Å². The highest BCUT2D eigenvalue weighted by Crippen LogP contribution is 2.26. The molecule has 110 valence electrons. The number of nitrogens with zero attached hydrogens (tertiary/aromatic N) is 1. The standard InChI is InChI=1S/C16H18N2O2S/c1-16(2,3)20-15(19)11-6-4-5-10(9-11)14-12(21)7-8-13(17)18-14/h4-9,21H,1-3H3,(H2,17,18). The third-order valence-electron chi connectivity index (χ3n) is 2.67. The van der Waals surface area contributed by atoms with Gasteiger partial charge in [0.05, 0.1) is 11.3 Å². The fourth-order valence-electron chi connectivity index (χ4n) is 1.81. The molecule has 2 rings (SSSR count). The van der Waals surface area contributed by atoms with E-state index in [1.165, 1.54) is 0 Å². The van der Waals surface area contributed by atoms with Crippen LogP contribution in [-0.4, -0.2) is 16.6 Å². The number of benzene rings is 1. The molecule has 1 aromatic carbocycles. The first kappa shape index (κ1) is 15.4. The summed E-state index contributed by atoms with van der Waals surface area (Å²) in [4.78, 5) is 17.1. The molecule has 0 fully saturated rings. The molecule has 0 bridgehead atoms. The zero-order valence-corrected chi connectivity index (χ0v) is 13.1. The number of hydrogen-bond acceptors (Lipinski definition) is 5.